The molecular formula is C21H21F2N5O4. The molecule has 2 aromatic heterocycles. The number of aromatic nitrogens is 3. The zero-order valence-electron chi connectivity index (χ0n) is 17.4. The molecule has 168 valence electrons. The van der Waals surface area contributed by atoms with Crippen LogP contribution in [0.15, 0.2) is 24.4 Å². The Kier molecular flexibility index (Phi) is 5.74. The first-order chi connectivity index (χ1) is 15.3. The van der Waals surface area contributed by atoms with E-state index in [2.05, 4.69) is 15.4 Å². The molecule has 32 heavy (non-hydrogen) atoms. The SMILES string of the molecule is CNC(=O)c1cc(F)c(-c2nc3cc(C)cnn3c2CC2CN(C(=O)O)CCO2)c(F)c1. The highest BCUT2D eigenvalue weighted by Gasteiger charge is 2.29. The minimum atomic E-state index is -1.06. The smallest absolute Gasteiger partial charge is 0.407 e. The number of hydrogen-bond donors (Lipinski definition) is 2. The van der Waals surface area contributed by atoms with Gasteiger partial charge in [0.25, 0.3) is 5.91 Å². The number of carboxylic acid groups (broad SMARTS) is 1. The first-order valence-corrected chi connectivity index (χ1v) is 9.93. The molecule has 3 heterocycles. The third kappa shape index (κ3) is 3.98. The van der Waals surface area contributed by atoms with Gasteiger partial charge < -0.3 is 20.1 Å². The van der Waals surface area contributed by atoms with Crippen molar-refractivity contribution in [3.05, 3.63) is 52.9 Å². The van der Waals surface area contributed by atoms with Crippen molar-refractivity contribution in [1.82, 2.24) is 24.8 Å². The number of hydrogen-bond acceptors (Lipinski definition) is 5. The predicted molar refractivity (Wildman–Crippen MR) is 110 cm³/mol. The van der Waals surface area contributed by atoms with Gasteiger partial charge in [-0.15, -0.1) is 0 Å². The highest BCUT2D eigenvalue weighted by molar-refractivity contribution is 5.94. The molecule has 4 rings (SSSR count). The van der Waals surface area contributed by atoms with Crippen LogP contribution < -0.4 is 5.32 Å². The summed E-state index contributed by atoms with van der Waals surface area (Å²) in [7, 11) is 1.37. The Labute approximate surface area is 181 Å². The van der Waals surface area contributed by atoms with Gasteiger partial charge in [0.1, 0.15) is 17.3 Å². The van der Waals surface area contributed by atoms with Crippen LogP contribution in [0.5, 0.6) is 0 Å². The molecule has 1 saturated heterocycles. The van der Waals surface area contributed by atoms with E-state index in [9.17, 15) is 14.7 Å². The van der Waals surface area contributed by atoms with Gasteiger partial charge in [-0.2, -0.15) is 5.10 Å². The van der Waals surface area contributed by atoms with E-state index in [1.807, 2.05) is 6.92 Å². The highest BCUT2D eigenvalue weighted by Crippen LogP contribution is 2.31. The molecule has 1 aliphatic rings. The second-order valence-electron chi connectivity index (χ2n) is 7.53. The van der Waals surface area contributed by atoms with Gasteiger partial charge in [-0.1, -0.05) is 0 Å². The van der Waals surface area contributed by atoms with Crippen LogP contribution in [0.1, 0.15) is 21.6 Å². The van der Waals surface area contributed by atoms with Crippen molar-refractivity contribution < 1.29 is 28.2 Å². The number of fused-ring (bicyclic) bond motifs is 1. The van der Waals surface area contributed by atoms with E-state index in [1.165, 1.54) is 16.5 Å². The summed E-state index contributed by atoms with van der Waals surface area (Å²) < 4.78 is 37.2. The van der Waals surface area contributed by atoms with E-state index < -0.39 is 29.7 Å². The largest absolute Gasteiger partial charge is 0.465 e. The molecule has 1 aromatic carbocycles. The molecule has 1 aliphatic heterocycles. The van der Waals surface area contributed by atoms with Crippen LogP contribution in [-0.4, -0.2) is 69.5 Å². The quantitative estimate of drug-likeness (QED) is 0.638. The van der Waals surface area contributed by atoms with Crippen molar-refractivity contribution in [2.45, 2.75) is 19.4 Å². The molecule has 2 N–H and O–H groups in total. The fourth-order valence-corrected chi connectivity index (χ4v) is 3.77. The summed E-state index contributed by atoms with van der Waals surface area (Å²) in [5, 5.41) is 15.9. The minimum Gasteiger partial charge on any atom is -0.465 e. The second-order valence-corrected chi connectivity index (χ2v) is 7.53. The maximum Gasteiger partial charge on any atom is 0.407 e. The summed E-state index contributed by atoms with van der Waals surface area (Å²) in [5.74, 6) is -2.50. The Morgan fingerprint density at radius 1 is 1.28 bits per heavy atom. The third-order valence-corrected chi connectivity index (χ3v) is 5.30. The second kappa shape index (κ2) is 8.50. The van der Waals surface area contributed by atoms with E-state index >= 15 is 8.78 Å². The number of amides is 2. The third-order valence-electron chi connectivity index (χ3n) is 5.30. The van der Waals surface area contributed by atoms with Crippen molar-refractivity contribution in [2.24, 2.45) is 0 Å². The van der Waals surface area contributed by atoms with E-state index in [4.69, 9.17) is 4.74 Å². The van der Waals surface area contributed by atoms with Gasteiger partial charge in [0, 0.05) is 25.6 Å². The normalized spacial score (nSPS) is 16.4. The summed E-state index contributed by atoms with van der Waals surface area (Å²) in [6.45, 7) is 2.37. The zero-order chi connectivity index (χ0) is 23.0. The molecule has 1 unspecified atom stereocenters. The van der Waals surface area contributed by atoms with Crippen molar-refractivity contribution in [1.29, 1.82) is 0 Å². The van der Waals surface area contributed by atoms with Gasteiger partial charge in [-0.25, -0.2) is 23.1 Å². The number of morpholine rings is 1. The van der Waals surface area contributed by atoms with Crippen LogP contribution in [-0.2, 0) is 11.2 Å². The lowest BCUT2D eigenvalue weighted by atomic mass is 10.0. The number of carbonyl (C=O) groups is 2. The lowest BCUT2D eigenvalue weighted by Crippen LogP contribution is -2.45. The lowest BCUT2D eigenvalue weighted by Gasteiger charge is -2.31. The molecule has 0 bridgehead atoms. The molecule has 0 spiro atoms. The first kappa shape index (κ1) is 21.6. The van der Waals surface area contributed by atoms with Gasteiger partial charge >= 0.3 is 6.09 Å². The number of nitrogens with zero attached hydrogens (tertiary/aromatic N) is 4. The fraction of sp³-hybridized carbons (Fsp3) is 0.333. The summed E-state index contributed by atoms with van der Waals surface area (Å²) in [5.41, 5.74) is 1.05. The van der Waals surface area contributed by atoms with Gasteiger partial charge in [0.15, 0.2) is 5.65 Å². The Hall–Kier alpha value is -3.60. The van der Waals surface area contributed by atoms with Crippen LogP contribution >= 0.6 is 0 Å². The lowest BCUT2D eigenvalue weighted by molar-refractivity contribution is -0.0215. The monoisotopic (exact) mass is 445 g/mol. The molecule has 9 nitrogen and oxygen atoms in total. The number of carbonyl (C=O) groups excluding carboxylic acids is 1. The molecule has 0 aliphatic carbocycles. The van der Waals surface area contributed by atoms with Crippen LogP contribution in [0.4, 0.5) is 13.6 Å². The minimum absolute atomic E-state index is 0.0256. The molecule has 11 heteroatoms. The Morgan fingerprint density at radius 2 is 2.00 bits per heavy atom. The first-order valence-electron chi connectivity index (χ1n) is 9.93. The molecule has 3 aromatic rings. The number of imidazole rings is 1. The molecule has 1 fully saturated rings. The van der Waals surface area contributed by atoms with Gasteiger partial charge in [0.05, 0.1) is 36.7 Å². The maximum absolute atomic E-state index is 15.0. The van der Waals surface area contributed by atoms with Crippen molar-refractivity contribution in [3.63, 3.8) is 0 Å². The van der Waals surface area contributed by atoms with Gasteiger partial charge in [-0.3, -0.25) is 4.79 Å². The van der Waals surface area contributed by atoms with Crippen molar-refractivity contribution in [2.75, 3.05) is 26.7 Å². The number of aryl methyl sites for hydroxylation is 1. The van der Waals surface area contributed by atoms with Crippen molar-refractivity contribution in [3.8, 4) is 11.3 Å². The number of rotatable bonds is 4. The molecule has 0 saturated carbocycles. The fourth-order valence-electron chi connectivity index (χ4n) is 3.77. The van der Waals surface area contributed by atoms with E-state index in [0.29, 0.717) is 11.3 Å². The van der Waals surface area contributed by atoms with Crippen LogP contribution in [0, 0.1) is 18.6 Å². The summed E-state index contributed by atoms with van der Waals surface area (Å²) >= 11 is 0. The summed E-state index contributed by atoms with van der Waals surface area (Å²) in [6.07, 6.45) is 0.117. The molecule has 0 radical (unpaired) electrons. The summed E-state index contributed by atoms with van der Waals surface area (Å²) in [4.78, 5) is 28.8. The van der Waals surface area contributed by atoms with Crippen LogP contribution in [0.25, 0.3) is 16.9 Å². The highest BCUT2D eigenvalue weighted by atomic mass is 19.1. The Morgan fingerprint density at radius 3 is 2.66 bits per heavy atom. The van der Waals surface area contributed by atoms with Crippen molar-refractivity contribution >= 4 is 17.6 Å². The predicted octanol–water partition coefficient (Wildman–Crippen LogP) is 2.26. The number of ether oxygens (including phenoxy) is 1. The Bertz CT molecular complexity index is 1190. The molecular weight excluding hydrogens is 424 g/mol. The number of nitrogens with one attached hydrogen (secondary N) is 1. The van der Waals surface area contributed by atoms with E-state index in [-0.39, 0.29) is 42.9 Å². The number of benzene rings is 1. The van der Waals surface area contributed by atoms with Crippen LogP contribution in [0.2, 0.25) is 0 Å². The van der Waals surface area contributed by atoms with Gasteiger partial charge in [-0.05, 0) is 30.7 Å². The number of halogens is 2. The topological polar surface area (TPSA) is 109 Å². The van der Waals surface area contributed by atoms with Gasteiger partial charge in [0.2, 0.25) is 0 Å². The maximum atomic E-state index is 15.0. The molecule has 1 atom stereocenters. The van der Waals surface area contributed by atoms with Crippen LogP contribution in [0.3, 0.4) is 0 Å². The standard InChI is InChI=1S/C21H21F2N5O4/c1-11-5-17-26-19(18-14(22)6-12(7-15(18)23)20(29)24-2)16(28(17)25-9-11)8-13-10-27(21(30)31)3-4-32-13/h5-7,9,13H,3-4,8,10H2,1-2H3,(H,24,29)(H,30,31). The molecule has 2 amide bonds. The zero-order valence-corrected chi connectivity index (χ0v) is 17.4. The van der Waals surface area contributed by atoms with E-state index in [0.717, 1.165) is 17.7 Å². The average molecular weight is 445 g/mol. The average Bonchev–Trinajstić information content (AvgIpc) is 3.09. The Balaban J connectivity index is 1.82. The van der Waals surface area contributed by atoms with E-state index in [1.54, 1.807) is 12.3 Å². The summed E-state index contributed by atoms with van der Waals surface area (Å²) in [6, 6.07) is 3.62.